The summed E-state index contributed by atoms with van der Waals surface area (Å²) in [6.45, 7) is 2.71. The van der Waals surface area contributed by atoms with Crippen molar-refractivity contribution in [3.8, 4) is 40.5 Å². The maximum absolute atomic E-state index is 9.67. The summed E-state index contributed by atoms with van der Waals surface area (Å²) in [6, 6.07) is 24.0. The molecular formula is C34H28N12. The molecular weight excluding hydrogens is 576 g/mol. The van der Waals surface area contributed by atoms with Gasteiger partial charge in [-0.15, -0.1) is 0 Å². The van der Waals surface area contributed by atoms with Gasteiger partial charge in [0.05, 0.1) is 16.8 Å². The molecule has 5 aromatic heterocycles. The van der Waals surface area contributed by atoms with Crippen LogP contribution in [0.25, 0.3) is 39.5 Å². The highest BCUT2D eigenvalue weighted by molar-refractivity contribution is 5.85. The summed E-state index contributed by atoms with van der Waals surface area (Å²) in [4.78, 5) is 28.9. The summed E-state index contributed by atoms with van der Waals surface area (Å²) in [7, 11) is 0. The highest BCUT2D eigenvalue weighted by Gasteiger charge is 2.21. The first-order valence-corrected chi connectivity index (χ1v) is 14.9. The van der Waals surface area contributed by atoms with Gasteiger partial charge in [0, 0.05) is 61.7 Å². The number of hydrogen-bond donors (Lipinski definition) is 2. The highest BCUT2D eigenvalue weighted by atomic mass is 15.2. The van der Waals surface area contributed by atoms with E-state index in [2.05, 4.69) is 60.5 Å². The molecule has 0 aliphatic carbocycles. The minimum Gasteiger partial charge on any atom is -0.383 e. The van der Waals surface area contributed by atoms with Crippen LogP contribution in [0.15, 0.2) is 85.5 Å². The minimum absolute atomic E-state index is 0.170. The van der Waals surface area contributed by atoms with Gasteiger partial charge in [-0.05, 0) is 66.9 Å². The molecule has 0 saturated carbocycles. The minimum atomic E-state index is 0.170. The molecule has 12 nitrogen and oxygen atoms in total. The van der Waals surface area contributed by atoms with E-state index in [0.29, 0.717) is 57.1 Å². The van der Waals surface area contributed by atoms with Gasteiger partial charge in [-0.2, -0.15) is 10.5 Å². The van der Waals surface area contributed by atoms with Crippen LogP contribution in [-0.4, -0.2) is 58.5 Å². The van der Waals surface area contributed by atoms with Crippen molar-refractivity contribution in [1.82, 2.24) is 39.4 Å². The van der Waals surface area contributed by atoms with Gasteiger partial charge in [-0.25, -0.2) is 24.9 Å². The Bertz CT molecular complexity index is 2120. The molecule has 1 aliphatic rings. The lowest BCUT2D eigenvalue weighted by molar-refractivity contribution is 0.211. The van der Waals surface area contributed by atoms with Crippen LogP contribution in [0.4, 0.5) is 11.6 Å². The number of benzene rings is 1. The average Bonchev–Trinajstić information content (AvgIpc) is 3.48. The lowest BCUT2D eigenvalue weighted by Crippen LogP contribution is -2.38. The maximum atomic E-state index is 9.67. The van der Waals surface area contributed by atoms with Gasteiger partial charge in [0.15, 0.2) is 11.5 Å². The molecule has 0 amide bonds. The Balaban J connectivity index is 1.15. The van der Waals surface area contributed by atoms with Crippen molar-refractivity contribution in [2.24, 2.45) is 0 Å². The van der Waals surface area contributed by atoms with E-state index >= 15 is 0 Å². The fourth-order valence-electron chi connectivity index (χ4n) is 5.79. The number of hydrogen-bond acceptors (Lipinski definition) is 11. The van der Waals surface area contributed by atoms with E-state index in [0.717, 1.165) is 38.2 Å². The predicted octanol–water partition coefficient (Wildman–Crippen LogP) is 4.74. The largest absolute Gasteiger partial charge is 0.383 e. The molecule has 0 radical (unpaired) electrons. The second-order valence-electron chi connectivity index (χ2n) is 11.0. The Kier molecular flexibility index (Phi) is 7.69. The van der Waals surface area contributed by atoms with Crippen molar-refractivity contribution in [2.75, 3.05) is 24.1 Å². The molecule has 1 aliphatic heterocycles. The molecule has 1 fully saturated rings. The van der Waals surface area contributed by atoms with Crippen LogP contribution in [0.1, 0.15) is 29.8 Å². The van der Waals surface area contributed by atoms with E-state index in [1.165, 1.54) is 5.56 Å². The molecule has 12 heteroatoms. The molecule has 1 saturated heterocycles. The zero-order chi connectivity index (χ0) is 31.5. The van der Waals surface area contributed by atoms with E-state index in [-0.39, 0.29) is 5.82 Å². The Morgan fingerprint density at radius 1 is 0.848 bits per heavy atom. The van der Waals surface area contributed by atoms with Crippen molar-refractivity contribution >= 4 is 22.8 Å². The Morgan fingerprint density at radius 2 is 1.70 bits per heavy atom. The number of nitrogen functional groups attached to an aromatic ring is 1. The van der Waals surface area contributed by atoms with Crippen molar-refractivity contribution in [3.05, 3.63) is 102 Å². The van der Waals surface area contributed by atoms with Crippen molar-refractivity contribution in [3.63, 3.8) is 0 Å². The summed E-state index contributed by atoms with van der Waals surface area (Å²) in [5.41, 5.74) is 12.2. The normalized spacial score (nSPS) is 13.7. The Hall–Kier alpha value is -6.24. The zero-order valence-corrected chi connectivity index (χ0v) is 24.7. The maximum Gasteiger partial charge on any atom is 0.234 e. The van der Waals surface area contributed by atoms with E-state index in [1.54, 1.807) is 36.9 Å². The van der Waals surface area contributed by atoms with Gasteiger partial charge in [0.25, 0.3) is 0 Å². The van der Waals surface area contributed by atoms with Gasteiger partial charge in [-0.1, -0.05) is 12.1 Å². The SMILES string of the molecule is N#Cc1nccc(NC2CCN(Cc3ccc(-n4c(-c5cccnc5N)nc5ccc(-c6ccncc6C#N)nc54)cc3)CC2)n1. The monoisotopic (exact) mass is 604 g/mol. The number of rotatable bonds is 7. The second-order valence-corrected chi connectivity index (χ2v) is 11.0. The molecule has 224 valence electrons. The number of pyridine rings is 3. The molecule has 6 heterocycles. The number of anilines is 2. The van der Waals surface area contributed by atoms with Gasteiger partial charge >= 0.3 is 0 Å². The van der Waals surface area contributed by atoms with Crippen LogP contribution in [0.2, 0.25) is 0 Å². The lowest BCUT2D eigenvalue weighted by Gasteiger charge is -2.32. The molecule has 0 spiro atoms. The second kappa shape index (κ2) is 12.4. The third-order valence-corrected chi connectivity index (χ3v) is 8.10. The molecule has 0 atom stereocenters. The molecule has 0 bridgehead atoms. The Labute approximate surface area is 264 Å². The summed E-state index contributed by atoms with van der Waals surface area (Å²) in [6.07, 6.45) is 8.40. The number of imidazole rings is 1. The standard InChI is InChI=1S/C34H28N12/c35-18-23-20-38-14-9-26(23)28-7-8-29-34(42-28)46(33(43-29)27-2-1-13-40-32(27)37)25-5-3-22(4-6-25)21-45-16-11-24(12-17-45)41-30-10-15-39-31(19-36)44-30/h1-10,13-15,20,24H,11-12,16-17,21H2,(H2,37,40)(H,39,41,44). The van der Waals surface area contributed by atoms with Gasteiger partial charge in [0.2, 0.25) is 5.82 Å². The first-order valence-electron chi connectivity index (χ1n) is 14.9. The van der Waals surface area contributed by atoms with Gasteiger partial charge in [0.1, 0.15) is 29.3 Å². The first kappa shape index (κ1) is 28.5. The lowest BCUT2D eigenvalue weighted by atomic mass is 10.0. The fraction of sp³-hybridized carbons (Fsp3) is 0.176. The topological polar surface area (TPSA) is 171 Å². The third-order valence-electron chi connectivity index (χ3n) is 8.10. The number of piperidine rings is 1. The van der Waals surface area contributed by atoms with E-state index in [1.807, 2.05) is 34.9 Å². The van der Waals surface area contributed by atoms with Crippen molar-refractivity contribution in [1.29, 1.82) is 10.5 Å². The number of nitrogens with zero attached hydrogens (tertiary/aromatic N) is 10. The van der Waals surface area contributed by atoms with Crippen LogP contribution in [0.5, 0.6) is 0 Å². The molecule has 0 unspecified atom stereocenters. The van der Waals surface area contributed by atoms with E-state index in [9.17, 15) is 5.26 Å². The quantitative estimate of drug-likeness (QED) is 0.258. The molecule has 3 N–H and O–H groups in total. The summed E-state index contributed by atoms with van der Waals surface area (Å²) in [5, 5.41) is 22.2. The number of nitriles is 2. The molecule has 46 heavy (non-hydrogen) atoms. The van der Waals surface area contributed by atoms with Crippen molar-refractivity contribution < 1.29 is 0 Å². The fourth-order valence-corrected chi connectivity index (χ4v) is 5.79. The molecule has 7 rings (SSSR count). The number of aromatic nitrogens is 7. The van der Waals surface area contributed by atoms with E-state index < -0.39 is 0 Å². The zero-order valence-electron chi connectivity index (χ0n) is 24.7. The van der Waals surface area contributed by atoms with Crippen molar-refractivity contribution in [2.45, 2.75) is 25.4 Å². The van der Waals surface area contributed by atoms with Gasteiger partial charge < -0.3 is 11.1 Å². The van der Waals surface area contributed by atoms with Gasteiger partial charge in [-0.3, -0.25) is 14.5 Å². The first-order chi connectivity index (χ1) is 22.6. The number of nitrogens with one attached hydrogen (secondary N) is 1. The van der Waals surface area contributed by atoms with Crippen LogP contribution in [0.3, 0.4) is 0 Å². The highest BCUT2D eigenvalue weighted by Crippen LogP contribution is 2.32. The summed E-state index contributed by atoms with van der Waals surface area (Å²) < 4.78 is 1.99. The molecule has 1 aromatic carbocycles. The van der Waals surface area contributed by atoms with Crippen LogP contribution in [0, 0.1) is 22.7 Å². The van der Waals surface area contributed by atoms with Crippen LogP contribution in [-0.2, 0) is 6.54 Å². The number of fused-ring (bicyclic) bond motifs is 1. The van der Waals surface area contributed by atoms with Crippen LogP contribution < -0.4 is 11.1 Å². The smallest absolute Gasteiger partial charge is 0.234 e. The number of likely N-dealkylation sites (tertiary alicyclic amines) is 1. The summed E-state index contributed by atoms with van der Waals surface area (Å²) in [5.74, 6) is 1.87. The molecule has 6 aromatic rings. The Morgan fingerprint density at radius 3 is 2.48 bits per heavy atom. The number of nitrogens with two attached hydrogens (primary N) is 1. The summed E-state index contributed by atoms with van der Waals surface area (Å²) >= 11 is 0. The van der Waals surface area contributed by atoms with Crippen LogP contribution >= 0.6 is 0 Å². The predicted molar refractivity (Wildman–Crippen MR) is 173 cm³/mol. The average molecular weight is 605 g/mol. The third kappa shape index (κ3) is 5.68. The van der Waals surface area contributed by atoms with E-state index in [4.69, 9.17) is 21.0 Å².